The lowest BCUT2D eigenvalue weighted by atomic mass is 9.99. The Morgan fingerprint density at radius 1 is 1.19 bits per heavy atom. The van der Waals surface area contributed by atoms with Crippen LogP contribution >= 0.6 is 0 Å². The van der Waals surface area contributed by atoms with Gasteiger partial charge in [0.25, 0.3) is 0 Å². The van der Waals surface area contributed by atoms with E-state index in [-0.39, 0.29) is 30.6 Å². The molecule has 0 aliphatic rings. The average molecular weight is 300 g/mol. The zero-order chi connectivity index (χ0) is 16.8. The molecule has 2 amide bonds. The molecule has 0 saturated heterocycles. The topological polar surface area (TPSA) is 75.7 Å². The number of amides is 2. The Balaban J connectivity index is 4.32. The van der Waals surface area contributed by atoms with Gasteiger partial charge in [-0.2, -0.15) is 0 Å². The van der Waals surface area contributed by atoms with Gasteiger partial charge in [-0.3, -0.25) is 9.59 Å². The van der Waals surface area contributed by atoms with Gasteiger partial charge in [0.1, 0.15) is 5.60 Å². The van der Waals surface area contributed by atoms with Gasteiger partial charge in [0.15, 0.2) is 5.78 Å². The van der Waals surface area contributed by atoms with Gasteiger partial charge in [-0.15, -0.1) is 0 Å². The summed E-state index contributed by atoms with van der Waals surface area (Å²) < 4.78 is 5.07. The number of Topliss-reactive ketones (excluding diaryl/α,β-unsaturated/α-hetero) is 1. The zero-order valence-corrected chi connectivity index (χ0v) is 14.1. The number of hydrogen-bond acceptors (Lipinski definition) is 4. The highest BCUT2D eigenvalue weighted by molar-refractivity contribution is 5.87. The normalized spacial score (nSPS) is 12.8. The summed E-state index contributed by atoms with van der Waals surface area (Å²) in [5.41, 5.74) is -0.567. The van der Waals surface area contributed by atoms with E-state index in [1.807, 2.05) is 13.8 Å². The van der Waals surface area contributed by atoms with Crippen LogP contribution in [-0.2, 0) is 14.3 Å². The first-order valence-electron chi connectivity index (χ1n) is 7.18. The molecule has 21 heavy (non-hydrogen) atoms. The molecular weight excluding hydrogens is 272 g/mol. The first kappa shape index (κ1) is 19.4. The Hall–Kier alpha value is -1.59. The van der Waals surface area contributed by atoms with Gasteiger partial charge >= 0.3 is 6.09 Å². The lowest BCUT2D eigenvalue weighted by Crippen LogP contribution is -2.45. The second-order valence-corrected chi connectivity index (χ2v) is 6.48. The van der Waals surface area contributed by atoms with Crippen molar-refractivity contribution in [2.24, 2.45) is 5.92 Å². The summed E-state index contributed by atoms with van der Waals surface area (Å²) in [7, 11) is 1.61. The summed E-state index contributed by atoms with van der Waals surface area (Å²) in [5.74, 6) is -0.170. The maximum Gasteiger partial charge on any atom is 0.407 e. The molecule has 0 unspecified atom stereocenters. The summed E-state index contributed by atoms with van der Waals surface area (Å²) in [5, 5.41) is 2.53. The number of likely N-dealkylation sites (N-methyl/N-ethyl adjacent to an activating group) is 1. The van der Waals surface area contributed by atoms with Crippen molar-refractivity contribution in [2.45, 2.75) is 59.6 Å². The molecule has 0 fully saturated rings. The van der Waals surface area contributed by atoms with Gasteiger partial charge in [-0.25, -0.2) is 4.79 Å². The van der Waals surface area contributed by atoms with Crippen LogP contribution in [0.4, 0.5) is 4.79 Å². The number of carbonyl (C=O) groups is 3. The molecule has 0 aromatic carbocycles. The molecule has 6 heteroatoms. The fourth-order valence-electron chi connectivity index (χ4n) is 2.11. The first-order valence-corrected chi connectivity index (χ1v) is 7.18. The standard InChI is InChI=1S/C15H28N2O4/c1-10(2)13(11(3)18)17(7)12(19)8-9-16-14(20)21-15(4,5)6/h10,13H,8-9H2,1-7H3,(H,16,20)/t13-/m0/s1. The first-order chi connectivity index (χ1) is 9.45. The Bertz CT molecular complexity index is 386. The minimum atomic E-state index is -0.567. The van der Waals surface area contributed by atoms with Gasteiger partial charge in [0.05, 0.1) is 6.04 Å². The summed E-state index contributed by atoms with van der Waals surface area (Å²) >= 11 is 0. The van der Waals surface area contributed by atoms with Crippen LogP contribution in [0.5, 0.6) is 0 Å². The Labute approximate surface area is 127 Å². The molecule has 0 spiro atoms. The second-order valence-electron chi connectivity index (χ2n) is 6.48. The van der Waals surface area contributed by atoms with Crippen molar-refractivity contribution in [1.29, 1.82) is 0 Å². The Morgan fingerprint density at radius 2 is 1.71 bits per heavy atom. The molecule has 1 N–H and O–H groups in total. The number of ketones is 1. The van der Waals surface area contributed by atoms with E-state index in [0.717, 1.165) is 0 Å². The van der Waals surface area contributed by atoms with Crippen LogP contribution in [0.25, 0.3) is 0 Å². The fourth-order valence-corrected chi connectivity index (χ4v) is 2.11. The predicted octanol–water partition coefficient (Wildman–Crippen LogP) is 1.97. The van der Waals surface area contributed by atoms with E-state index in [1.54, 1.807) is 27.8 Å². The number of nitrogens with zero attached hydrogens (tertiary/aromatic N) is 1. The van der Waals surface area contributed by atoms with Crippen molar-refractivity contribution < 1.29 is 19.1 Å². The highest BCUT2D eigenvalue weighted by Crippen LogP contribution is 2.11. The SMILES string of the molecule is CC(=O)[C@H](C(C)C)N(C)C(=O)CCNC(=O)OC(C)(C)C. The van der Waals surface area contributed by atoms with E-state index in [0.29, 0.717) is 0 Å². The van der Waals surface area contributed by atoms with E-state index in [1.165, 1.54) is 11.8 Å². The Kier molecular flexibility index (Phi) is 7.39. The predicted molar refractivity (Wildman–Crippen MR) is 80.9 cm³/mol. The molecule has 6 nitrogen and oxygen atoms in total. The molecule has 0 aromatic rings. The van der Waals surface area contributed by atoms with Gasteiger partial charge < -0.3 is 15.0 Å². The molecule has 0 aliphatic heterocycles. The third kappa shape index (κ3) is 7.68. The number of rotatable bonds is 6. The number of ether oxygens (including phenoxy) is 1. The highest BCUT2D eigenvalue weighted by atomic mass is 16.6. The monoisotopic (exact) mass is 300 g/mol. The molecule has 0 radical (unpaired) electrons. The van der Waals surface area contributed by atoms with Crippen molar-refractivity contribution in [3.05, 3.63) is 0 Å². The third-order valence-corrected chi connectivity index (χ3v) is 2.87. The van der Waals surface area contributed by atoms with Crippen LogP contribution in [-0.4, -0.2) is 47.9 Å². The van der Waals surface area contributed by atoms with Crippen LogP contribution in [0, 0.1) is 5.92 Å². The minimum absolute atomic E-state index is 0.0408. The van der Waals surface area contributed by atoms with Crippen molar-refractivity contribution >= 4 is 17.8 Å². The molecule has 0 rings (SSSR count). The van der Waals surface area contributed by atoms with E-state index in [2.05, 4.69) is 5.32 Å². The average Bonchev–Trinajstić information content (AvgIpc) is 2.24. The summed E-state index contributed by atoms with van der Waals surface area (Å²) in [6.45, 7) is 10.8. The van der Waals surface area contributed by atoms with E-state index < -0.39 is 17.7 Å². The van der Waals surface area contributed by atoms with Crippen molar-refractivity contribution in [3.63, 3.8) is 0 Å². The number of nitrogens with one attached hydrogen (secondary N) is 1. The van der Waals surface area contributed by atoms with Gasteiger partial charge in [0, 0.05) is 20.0 Å². The lowest BCUT2D eigenvalue weighted by molar-refractivity contribution is -0.138. The maximum absolute atomic E-state index is 12.0. The summed E-state index contributed by atoms with van der Waals surface area (Å²) in [6, 6.07) is -0.431. The molecule has 0 heterocycles. The molecule has 1 atom stereocenters. The van der Waals surface area contributed by atoms with Crippen LogP contribution in [0.3, 0.4) is 0 Å². The maximum atomic E-state index is 12.0. The zero-order valence-electron chi connectivity index (χ0n) is 14.1. The van der Waals surface area contributed by atoms with Crippen molar-refractivity contribution in [3.8, 4) is 0 Å². The van der Waals surface area contributed by atoms with E-state index in [9.17, 15) is 14.4 Å². The molecule has 0 saturated carbocycles. The largest absolute Gasteiger partial charge is 0.444 e. The van der Waals surface area contributed by atoms with Crippen LogP contribution in [0.2, 0.25) is 0 Å². The highest BCUT2D eigenvalue weighted by Gasteiger charge is 2.26. The molecule has 0 aromatic heterocycles. The van der Waals surface area contributed by atoms with E-state index >= 15 is 0 Å². The van der Waals surface area contributed by atoms with Gasteiger partial charge in [0.2, 0.25) is 5.91 Å². The molecule has 0 bridgehead atoms. The molecular formula is C15H28N2O4. The molecule has 122 valence electrons. The smallest absolute Gasteiger partial charge is 0.407 e. The van der Waals surface area contributed by atoms with Crippen molar-refractivity contribution in [1.82, 2.24) is 10.2 Å². The quantitative estimate of drug-likeness (QED) is 0.813. The second kappa shape index (κ2) is 8.00. The minimum Gasteiger partial charge on any atom is -0.444 e. The van der Waals surface area contributed by atoms with E-state index in [4.69, 9.17) is 4.74 Å². The lowest BCUT2D eigenvalue weighted by Gasteiger charge is -2.29. The van der Waals surface area contributed by atoms with Crippen LogP contribution in [0.1, 0.15) is 48.0 Å². The fraction of sp³-hybridized carbons (Fsp3) is 0.800. The number of carbonyl (C=O) groups excluding carboxylic acids is 3. The summed E-state index contributed by atoms with van der Waals surface area (Å²) in [4.78, 5) is 36.5. The number of hydrogen-bond donors (Lipinski definition) is 1. The van der Waals surface area contributed by atoms with Crippen LogP contribution < -0.4 is 5.32 Å². The summed E-state index contributed by atoms with van der Waals surface area (Å²) in [6.07, 6.45) is -0.420. The third-order valence-electron chi connectivity index (χ3n) is 2.87. The van der Waals surface area contributed by atoms with Gasteiger partial charge in [-0.05, 0) is 33.6 Å². The van der Waals surface area contributed by atoms with Gasteiger partial charge in [-0.1, -0.05) is 13.8 Å². The Morgan fingerprint density at radius 3 is 2.10 bits per heavy atom. The molecule has 0 aliphatic carbocycles. The number of alkyl carbamates (subject to hydrolysis) is 1. The van der Waals surface area contributed by atoms with Crippen molar-refractivity contribution in [2.75, 3.05) is 13.6 Å². The van der Waals surface area contributed by atoms with Crippen LogP contribution in [0.15, 0.2) is 0 Å².